The molecule has 0 saturated carbocycles. The Morgan fingerprint density at radius 1 is 1.00 bits per heavy atom. The number of nitrogens with zero attached hydrogens (tertiary/aromatic N) is 8. The second kappa shape index (κ2) is 13.5. The van der Waals surface area contributed by atoms with Crippen LogP contribution in [0.3, 0.4) is 0 Å². The van der Waals surface area contributed by atoms with E-state index in [-0.39, 0.29) is 11.6 Å². The van der Waals surface area contributed by atoms with Crippen molar-refractivity contribution in [1.29, 1.82) is 5.26 Å². The highest BCUT2D eigenvalue weighted by Crippen LogP contribution is 2.37. The molecule has 0 radical (unpaired) electrons. The van der Waals surface area contributed by atoms with E-state index in [0.717, 1.165) is 61.2 Å². The number of nitriles is 1. The van der Waals surface area contributed by atoms with Gasteiger partial charge < -0.3 is 20.3 Å². The fourth-order valence-corrected chi connectivity index (χ4v) is 6.40. The third-order valence-electron chi connectivity index (χ3n) is 8.80. The second-order valence-electron chi connectivity index (χ2n) is 12.2. The summed E-state index contributed by atoms with van der Waals surface area (Å²) in [5.74, 6) is 1.47. The molecule has 0 aliphatic carbocycles. The first kappa shape index (κ1) is 30.8. The number of carbonyl (C=O) groups excluding carboxylic acids is 1. The van der Waals surface area contributed by atoms with Crippen LogP contribution in [-0.2, 0) is 18.3 Å². The molecule has 0 bridgehead atoms. The molecule has 48 heavy (non-hydrogen) atoms. The van der Waals surface area contributed by atoms with E-state index in [4.69, 9.17) is 9.72 Å². The average molecular weight is 641 g/mol. The van der Waals surface area contributed by atoms with E-state index < -0.39 is 0 Å². The number of pyridine rings is 1. The zero-order valence-corrected chi connectivity index (χ0v) is 26.7. The lowest BCUT2D eigenvalue weighted by molar-refractivity contribution is -0.00636. The molecule has 12 nitrogen and oxygen atoms in total. The van der Waals surface area contributed by atoms with Crippen LogP contribution in [-0.4, -0.2) is 56.1 Å². The molecule has 2 aliphatic heterocycles. The van der Waals surface area contributed by atoms with Crippen molar-refractivity contribution in [3.8, 4) is 17.2 Å². The minimum atomic E-state index is -0.313. The Hall–Kier alpha value is -5.80. The first-order chi connectivity index (χ1) is 23.5. The lowest BCUT2D eigenvalue weighted by Crippen LogP contribution is -2.48. The van der Waals surface area contributed by atoms with Crippen molar-refractivity contribution >= 4 is 35.0 Å². The van der Waals surface area contributed by atoms with Gasteiger partial charge in [-0.15, -0.1) is 0 Å². The Morgan fingerprint density at radius 2 is 1.83 bits per heavy atom. The van der Waals surface area contributed by atoms with Crippen LogP contribution in [0.5, 0.6) is 0 Å². The summed E-state index contributed by atoms with van der Waals surface area (Å²) in [6.07, 6.45) is 11.1. The van der Waals surface area contributed by atoms with Crippen LogP contribution < -0.4 is 20.4 Å². The first-order valence-corrected chi connectivity index (χ1v) is 16.1. The van der Waals surface area contributed by atoms with Gasteiger partial charge >= 0.3 is 6.03 Å². The Balaban J connectivity index is 1.12. The molecular formula is C36H36N10O2. The average Bonchev–Trinajstić information content (AvgIpc) is 3.77. The van der Waals surface area contributed by atoms with E-state index in [1.165, 1.54) is 0 Å². The maximum Gasteiger partial charge on any atom is 0.327 e. The third-order valence-corrected chi connectivity index (χ3v) is 8.80. The van der Waals surface area contributed by atoms with Crippen molar-refractivity contribution in [2.24, 2.45) is 7.05 Å². The summed E-state index contributed by atoms with van der Waals surface area (Å²) < 4.78 is 7.89. The van der Waals surface area contributed by atoms with Crippen LogP contribution >= 0.6 is 0 Å². The SMILES string of the molecule is Cn1cc(-c2ccc(N(C(=O)NCc3ccccc3)c3ccc(Nc4ncc(C#N)c(N5CCCC6(CCCO6)C5)n4)cc3)nc2)cn1. The highest BCUT2D eigenvalue weighted by atomic mass is 16.5. The number of aromatic nitrogens is 5. The predicted molar refractivity (Wildman–Crippen MR) is 183 cm³/mol. The highest BCUT2D eigenvalue weighted by Gasteiger charge is 2.40. The van der Waals surface area contributed by atoms with Gasteiger partial charge in [0.1, 0.15) is 17.5 Å². The second-order valence-corrected chi connectivity index (χ2v) is 12.2. The van der Waals surface area contributed by atoms with Gasteiger partial charge in [-0.2, -0.15) is 15.3 Å². The maximum absolute atomic E-state index is 13.7. The number of rotatable bonds is 8. The van der Waals surface area contributed by atoms with Crippen LogP contribution in [0.1, 0.15) is 36.8 Å². The van der Waals surface area contributed by atoms with Gasteiger partial charge in [-0.05, 0) is 67.6 Å². The van der Waals surface area contributed by atoms with E-state index in [1.54, 1.807) is 28.2 Å². The monoisotopic (exact) mass is 640 g/mol. The van der Waals surface area contributed by atoms with E-state index in [0.29, 0.717) is 41.9 Å². The van der Waals surface area contributed by atoms with Gasteiger partial charge in [-0.25, -0.2) is 19.7 Å². The number of ether oxygens (including phenoxy) is 1. The van der Waals surface area contributed by atoms with Gasteiger partial charge in [-0.1, -0.05) is 30.3 Å². The molecule has 1 unspecified atom stereocenters. The molecule has 3 aromatic heterocycles. The van der Waals surface area contributed by atoms with Crippen LogP contribution in [0.2, 0.25) is 0 Å². The first-order valence-electron chi connectivity index (χ1n) is 16.1. The molecule has 2 aliphatic rings. The van der Waals surface area contributed by atoms with Crippen molar-refractivity contribution in [3.05, 3.63) is 103 Å². The molecule has 12 heteroatoms. The predicted octanol–water partition coefficient (Wildman–Crippen LogP) is 6.08. The number of piperidine rings is 1. The highest BCUT2D eigenvalue weighted by molar-refractivity contribution is 5.98. The Morgan fingerprint density at radius 3 is 2.54 bits per heavy atom. The van der Waals surface area contributed by atoms with E-state index in [1.807, 2.05) is 80.0 Å². The third kappa shape index (κ3) is 6.67. The number of aryl methyl sites for hydroxylation is 1. The lowest BCUT2D eigenvalue weighted by Gasteiger charge is -2.40. The van der Waals surface area contributed by atoms with Gasteiger partial charge in [0.05, 0.1) is 23.7 Å². The largest absolute Gasteiger partial charge is 0.373 e. The Kier molecular flexibility index (Phi) is 8.68. The Labute approximate surface area is 279 Å². The maximum atomic E-state index is 13.7. The molecule has 2 saturated heterocycles. The van der Waals surface area contributed by atoms with Crippen LogP contribution in [0, 0.1) is 11.3 Å². The molecule has 5 aromatic rings. The number of anilines is 5. The minimum Gasteiger partial charge on any atom is -0.373 e. The van der Waals surface area contributed by atoms with E-state index in [2.05, 4.69) is 36.7 Å². The van der Waals surface area contributed by atoms with Crippen LogP contribution in [0.15, 0.2) is 91.5 Å². The molecule has 2 fully saturated rings. The van der Waals surface area contributed by atoms with Gasteiger partial charge in [0, 0.05) is 62.5 Å². The van der Waals surface area contributed by atoms with Crippen molar-refractivity contribution in [2.45, 2.75) is 37.8 Å². The normalized spacial score (nSPS) is 17.2. The fraction of sp³-hybridized carbons (Fsp3) is 0.278. The number of benzene rings is 2. The van der Waals surface area contributed by atoms with Crippen molar-refractivity contribution in [3.63, 3.8) is 0 Å². The number of urea groups is 1. The summed E-state index contributed by atoms with van der Waals surface area (Å²) in [7, 11) is 1.87. The Bertz CT molecular complexity index is 1910. The molecule has 5 heterocycles. The standard InChI is InChI=1S/C36H36N10O2/c1-44-24-29(23-41-44)27-9-14-32(38-21-27)46(35(47)40-20-26-7-3-2-4-8-26)31-12-10-30(11-13-31)42-34-39-22-28(19-37)33(43-34)45-17-5-15-36(25-45)16-6-18-48-36/h2-4,7-14,21-24H,5-6,15-18,20,25H2,1H3,(H,40,47)(H,39,42,43). The van der Waals surface area contributed by atoms with E-state index in [9.17, 15) is 10.1 Å². The summed E-state index contributed by atoms with van der Waals surface area (Å²) >= 11 is 0. The zero-order chi connectivity index (χ0) is 32.9. The molecule has 1 atom stereocenters. The van der Waals surface area contributed by atoms with Crippen molar-refractivity contribution in [1.82, 2.24) is 30.0 Å². The van der Waals surface area contributed by atoms with Crippen molar-refractivity contribution < 1.29 is 9.53 Å². The number of nitrogens with one attached hydrogen (secondary N) is 2. The number of hydrogen-bond acceptors (Lipinski definition) is 9. The number of carbonyl (C=O) groups is 1. The molecule has 7 rings (SSSR count). The molecule has 1 spiro atoms. The summed E-state index contributed by atoms with van der Waals surface area (Å²) in [5.41, 5.74) is 4.46. The lowest BCUT2D eigenvalue weighted by atomic mass is 9.90. The van der Waals surface area contributed by atoms with Crippen LogP contribution in [0.4, 0.5) is 33.8 Å². The smallest absolute Gasteiger partial charge is 0.327 e. The summed E-state index contributed by atoms with van der Waals surface area (Å²) in [6, 6.07) is 22.9. The molecule has 242 valence electrons. The van der Waals surface area contributed by atoms with Crippen molar-refractivity contribution in [2.75, 3.05) is 34.8 Å². The van der Waals surface area contributed by atoms with Gasteiger partial charge in [0.15, 0.2) is 5.82 Å². The van der Waals surface area contributed by atoms with E-state index >= 15 is 0 Å². The number of hydrogen-bond donors (Lipinski definition) is 2. The van der Waals surface area contributed by atoms with Gasteiger partial charge in [-0.3, -0.25) is 4.68 Å². The topological polar surface area (TPSA) is 137 Å². The van der Waals surface area contributed by atoms with Gasteiger partial charge in [0.2, 0.25) is 5.95 Å². The summed E-state index contributed by atoms with van der Waals surface area (Å²) in [6.45, 7) is 2.67. The van der Waals surface area contributed by atoms with Crippen LogP contribution in [0.25, 0.3) is 11.1 Å². The minimum absolute atomic E-state index is 0.160. The summed E-state index contributed by atoms with van der Waals surface area (Å²) in [4.78, 5) is 31.2. The molecular weight excluding hydrogens is 604 g/mol. The fourth-order valence-electron chi connectivity index (χ4n) is 6.40. The quantitative estimate of drug-likeness (QED) is 0.207. The molecule has 2 N–H and O–H groups in total. The molecule has 2 aromatic carbocycles. The zero-order valence-electron chi connectivity index (χ0n) is 26.7. The summed E-state index contributed by atoms with van der Waals surface area (Å²) in [5, 5.41) is 20.4. The van der Waals surface area contributed by atoms with Gasteiger partial charge in [0.25, 0.3) is 0 Å². The molecule has 2 amide bonds. The number of amides is 2.